The van der Waals surface area contributed by atoms with Crippen LogP contribution in [0.2, 0.25) is 16.6 Å². The highest BCUT2D eigenvalue weighted by Gasteiger charge is 2.55. The maximum Gasteiger partial charge on any atom is 0.411 e. The van der Waals surface area contributed by atoms with Crippen LogP contribution in [0, 0.1) is 6.92 Å². The van der Waals surface area contributed by atoms with Crippen molar-refractivity contribution in [3.63, 3.8) is 0 Å². The first-order valence-corrected chi connectivity index (χ1v) is 25.0. The molecule has 61 heavy (non-hydrogen) atoms. The number of carbonyl (C=O) groups is 2. The largest absolute Gasteiger partial charge is 0.548 e. The topological polar surface area (TPSA) is 96.0 Å². The number of rotatable bonds is 18. The lowest BCUT2D eigenvalue weighted by Crippen LogP contribution is -2.69. The summed E-state index contributed by atoms with van der Waals surface area (Å²) in [6.07, 6.45) is 3.86. The summed E-state index contributed by atoms with van der Waals surface area (Å²) < 4.78 is 38.7. The van der Waals surface area contributed by atoms with Gasteiger partial charge in [-0.15, -0.1) is 11.8 Å². The molecular formula is C49H70N2O8SSi. The Bertz CT molecular complexity index is 1930. The standard InChI is InChI=1S/C49H70N2O8SSi/c1-14-60-47-40-28-38-42(45(44(55-13)35(8)43(38)54-12)57-30-37-24-19-16-20-25-37)41(31-56-29-36-22-17-15-18-23-36)50(40)46(52)39(51(47)48(53)59-49(9,10)11)26-21-27-58-61(32(2)3,33(4)5)34(6)7/h15-25,27,32-34,39-41,47H,14,26,28-31H2,1-13H3/b27-21+/t39-,40-,41-,47+/m0/s1. The molecule has 334 valence electrons. The fourth-order valence-corrected chi connectivity index (χ4v) is 16.0. The van der Waals surface area contributed by atoms with E-state index in [1.54, 1.807) is 37.1 Å². The molecule has 4 atom stereocenters. The molecule has 5 rings (SSSR count). The van der Waals surface area contributed by atoms with Crippen molar-refractivity contribution in [2.75, 3.05) is 26.6 Å². The second kappa shape index (κ2) is 20.8. The molecule has 0 N–H and O–H groups in total. The zero-order valence-electron chi connectivity index (χ0n) is 38.8. The fourth-order valence-electron chi connectivity index (χ4n) is 9.63. The van der Waals surface area contributed by atoms with Gasteiger partial charge in [-0.25, -0.2) is 4.79 Å². The number of thioether (sulfide) groups is 1. The number of ether oxygens (including phenoxy) is 5. The Hall–Kier alpha value is -4.13. The number of benzene rings is 3. The number of fused-ring (bicyclic) bond motifs is 2. The predicted octanol–water partition coefficient (Wildman–Crippen LogP) is 11.4. The summed E-state index contributed by atoms with van der Waals surface area (Å²) in [5.41, 5.74) is 4.83. The molecule has 0 unspecified atom stereocenters. The highest BCUT2D eigenvalue weighted by Crippen LogP contribution is 2.54. The second-order valence-electron chi connectivity index (χ2n) is 18.0. The van der Waals surface area contributed by atoms with Crippen molar-refractivity contribution in [1.82, 2.24) is 9.80 Å². The number of hydrogen-bond donors (Lipinski definition) is 0. The summed E-state index contributed by atoms with van der Waals surface area (Å²) in [6, 6.07) is 18.1. The van der Waals surface area contributed by atoms with Crippen molar-refractivity contribution in [1.29, 1.82) is 0 Å². The van der Waals surface area contributed by atoms with Gasteiger partial charge in [0.1, 0.15) is 29.4 Å². The molecule has 0 saturated carbocycles. The lowest BCUT2D eigenvalue weighted by molar-refractivity contribution is -0.154. The van der Waals surface area contributed by atoms with Gasteiger partial charge in [0, 0.05) is 16.7 Å². The molecule has 3 aromatic carbocycles. The third-order valence-electron chi connectivity index (χ3n) is 12.0. The summed E-state index contributed by atoms with van der Waals surface area (Å²) in [5.74, 6) is 2.27. The number of hydrogen-bond acceptors (Lipinski definition) is 9. The molecule has 0 radical (unpaired) electrons. The van der Waals surface area contributed by atoms with Crippen molar-refractivity contribution in [2.45, 2.75) is 148 Å². The maximum atomic E-state index is 15.7. The van der Waals surface area contributed by atoms with E-state index in [1.807, 2.05) is 99.3 Å². The van der Waals surface area contributed by atoms with Gasteiger partial charge in [-0.1, -0.05) is 109 Å². The Morgan fingerprint density at radius 2 is 1.43 bits per heavy atom. The normalized spacial score (nSPS) is 19.4. The van der Waals surface area contributed by atoms with Gasteiger partial charge in [-0.3, -0.25) is 9.69 Å². The molecule has 2 amide bonds. The van der Waals surface area contributed by atoms with E-state index in [0.29, 0.717) is 52.7 Å². The Morgan fingerprint density at radius 1 is 0.852 bits per heavy atom. The van der Waals surface area contributed by atoms with Crippen LogP contribution >= 0.6 is 11.8 Å². The number of piperazine rings is 1. The average molecular weight is 875 g/mol. The Morgan fingerprint density at radius 3 is 1.95 bits per heavy atom. The van der Waals surface area contributed by atoms with Crippen LogP contribution < -0.4 is 14.2 Å². The molecular weight excluding hydrogens is 805 g/mol. The van der Waals surface area contributed by atoms with Gasteiger partial charge in [0.15, 0.2) is 11.5 Å². The van der Waals surface area contributed by atoms with Gasteiger partial charge in [-0.2, -0.15) is 0 Å². The van der Waals surface area contributed by atoms with Gasteiger partial charge < -0.3 is 33.0 Å². The van der Waals surface area contributed by atoms with E-state index < -0.39 is 43.5 Å². The van der Waals surface area contributed by atoms with Gasteiger partial charge in [0.05, 0.1) is 45.8 Å². The molecule has 0 spiro atoms. The third kappa shape index (κ3) is 10.4. The number of methoxy groups -OCH3 is 2. The van der Waals surface area contributed by atoms with Crippen LogP contribution in [0.1, 0.15) is 110 Å². The molecule has 2 heterocycles. The van der Waals surface area contributed by atoms with E-state index in [0.717, 1.165) is 27.8 Å². The Labute approximate surface area is 370 Å². The second-order valence-corrected chi connectivity index (χ2v) is 24.8. The summed E-state index contributed by atoms with van der Waals surface area (Å²) in [6.45, 7) is 23.9. The Balaban J connectivity index is 1.70. The summed E-state index contributed by atoms with van der Waals surface area (Å²) in [4.78, 5) is 33.9. The van der Waals surface area contributed by atoms with E-state index >= 15 is 4.79 Å². The van der Waals surface area contributed by atoms with Crippen LogP contribution in [0.15, 0.2) is 73.0 Å². The monoisotopic (exact) mass is 874 g/mol. The first-order chi connectivity index (χ1) is 29.0. The van der Waals surface area contributed by atoms with Crippen LogP contribution in [-0.2, 0) is 38.3 Å². The molecule has 0 bridgehead atoms. The van der Waals surface area contributed by atoms with Gasteiger partial charge >= 0.3 is 6.09 Å². The molecule has 2 aliphatic heterocycles. The predicted molar refractivity (Wildman–Crippen MR) is 248 cm³/mol. The smallest absolute Gasteiger partial charge is 0.411 e. The SMILES string of the molecule is CCS[C@@H]1[C@@H]2Cc3c(OC)c(C)c(OC)c(OCc4ccccc4)c3[C@H](COCc3ccccc3)N2C(=O)[C@H](C/C=C/O[Si](C(C)C)(C(C)C)C(C)C)N1C(=O)OC(C)(C)C. The average Bonchev–Trinajstić information content (AvgIpc) is 3.20. The molecule has 0 aromatic heterocycles. The van der Waals surface area contributed by atoms with E-state index in [4.69, 9.17) is 28.1 Å². The molecule has 1 fully saturated rings. The molecule has 3 aromatic rings. The summed E-state index contributed by atoms with van der Waals surface area (Å²) in [5, 5.41) is -0.460. The van der Waals surface area contributed by atoms with Crippen molar-refractivity contribution in [3.8, 4) is 17.2 Å². The van der Waals surface area contributed by atoms with E-state index in [1.165, 1.54) is 0 Å². The lowest BCUT2D eigenvalue weighted by Gasteiger charge is -2.55. The van der Waals surface area contributed by atoms with E-state index in [9.17, 15) is 4.79 Å². The fraction of sp³-hybridized carbons (Fsp3) is 0.551. The van der Waals surface area contributed by atoms with Crippen molar-refractivity contribution in [3.05, 3.63) is 101 Å². The van der Waals surface area contributed by atoms with Crippen molar-refractivity contribution >= 4 is 32.1 Å². The zero-order valence-corrected chi connectivity index (χ0v) is 40.6. The number of amides is 2. The molecule has 12 heteroatoms. The molecule has 1 saturated heterocycles. The minimum absolute atomic E-state index is 0.161. The summed E-state index contributed by atoms with van der Waals surface area (Å²) >= 11 is 1.64. The maximum absolute atomic E-state index is 15.7. The zero-order chi connectivity index (χ0) is 44.6. The Kier molecular flexibility index (Phi) is 16.4. The first kappa shape index (κ1) is 47.9. The van der Waals surface area contributed by atoms with Gasteiger partial charge in [0.2, 0.25) is 5.91 Å². The highest BCUT2D eigenvalue weighted by molar-refractivity contribution is 7.99. The molecule has 0 aliphatic carbocycles. The number of nitrogens with zero attached hydrogens (tertiary/aromatic N) is 2. The van der Waals surface area contributed by atoms with Crippen LogP contribution in [0.5, 0.6) is 17.2 Å². The molecule has 2 aliphatic rings. The molecule has 10 nitrogen and oxygen atoms in total. The van der Waals surface area contributed by atoms with Crippen LogP contribution in [-0.4, -0.2) is 79.8 Å². The number of carbonyl (C=O) groups excluding carboxylic acids is 2. The summed E-state index contributed by atoms with van der Waals surface area (Å²) in [7, 11) is 1.04. The first-order valence-electron chi connectivity index (χ1n) is 21.9. The van der Waals surface area contributed by atoms with Gasteiger partial charge in [0.25, 0.3) is 8.32 Å². The van der Waals surface area contributed by atoms with Crippen LogP contribution in [0.25, 0.3) is 0 Å². The quantitative estimate of drug-likeness (QED) is 0.0914. The minimum atomic E-state index is -2.26. The third-order valence-corrected chi connectivity index (χ3v) is 19.2. The minimum Gasteiger partial charge on any atom is -0.548 e. The van der Waals surface area contributed by atoms with Crippen molar-refractivity contribution in [2.24, 2.45) is 0 Å². The van der Waals surface area contributed by atoms with Crippen LogP contribution in [0.3, 0.4) is 0 Å². The van der Waals surface area contributed by atoms with E-state index in [-0.39, 0.29) is 25.5 Å². The van der Waals surface area contributed by atoms with Crippen molar-refractivity contribution < 1.29 is 37.7 Å². The highest BCUT2D eigenvalue weighted by atomic mass is 32.2. The lowest BCUT2D eigenvalue weighted by atomic mass is 9.82. The van der Waals surface area contributed by atoms with Crippen LogP contribution in [0.4, 0.5) is 4.79 Å². The van der Waals surface area contributed by atoms with Gasteiger partial charge in [-0.05, 0) is 80.1 Å². The van der Waals surface area contributed by atoms with E-state index in [2.05, 4.69) is 48.5 Å².